The first-order valence-corrected chi connectivity index (χ1v) is 9.75. The van der Waals surface area contributed by atoms with Crippen molar-refractivity contribution < 1.29 is 0 Å². The van der Waals surface area contributed by atoms with Gasteiger partial charge in [-0.25, -0.2) is 0 Å². The van der Waals surface area contributed by atoms with Crippen molar-refractivity contribution in [3.05, 3.63) is 71.8 Å². The van der Waals surface area contributed by atoms with Gasteiger partial charge >= 0.3 is 0 Å². The Labute approximate surface area is 152 Å². The zero-order chi connectivity index (χ0) is 17.5. The summed E-state index contributed by atoms with van der Waals surface area (Å²) < 4.78 is 0. The summed E-state index contributed by atoms with van der Waals surface area (Å²) in [5.41, 5.74) is 3.12. The number of benzene rings is 2. The summed E-state index contributed by atoms with van der Waals surface area (Å²) >= 11 is 0. The Kier molecular flexibility index (Phi) is 5.92. The Balaban J connectivity index is 1.71. The summed E-state index contributed by atoms with van der Waals surface area (Å²) in [5, 5.41) is 8.94. The highest BCUT2D eigenvalue weighted by atomic mass is 14.4. The number of rotatable bonds is 6. The number of nitrogens with zero attached hydrogens (tertiary/aromatic N) is 1. The molecule has 0 amide bonds. The van der Waals surface area contributed by atoms with Crippen LogP contribution in [0, 0.1) is 23.2 Å². The SMILES string of the molecule is CC(C#N)CCCC1CCC(c2ccccc2)(c2ccccc2)CC1. The van der Waals surface area contributed by atoms with Crippen LogP contribution >= 0.6 is 0 Å². The average molecular weight is 332 g/mol. The average Bonchev–Trinajstić information content (AvgIpc) is 2.70. The Morgan fingerprint density at radius 2 is 1.48 bits per heavy atom. The number of hydrogen-bond acceptors (Lipinski definition) is 1. The van der Waals surface area contributed by atoms with Crippen molar-refractivity contribution in [1.29, 1.82) is 5.26 Å². The Hall–Kier alpha value is -2.07. The molecule has 1 nitrogen and oxygen atoms in total. The summed E-state index contributed by atoms with van der Waals surface area (Å²) in [4.78, 5) is 0. The maximum absolute atomic E-state index is 8.94. The number of nitriles is 1. The molecule has 1 unspecified atom stereocenters. The molecule has 0 spiro atoms. The summed E-state index contributed by atoms with van der Waals surface area (Å²) in [6, 6.07) is 24.5. The van der Waals surface area contributed by atoms with E-state index in [9.17, 15) is 0 Å². The molecule has 0 bridgehead atoms. The van der Waals surface area contributed by atoms with Crippen LogP contribution in [-0.4, -0.2) is 0 Å². The summed E-state index contributed by atoms with van der Waals surface area (Å²) in [6.07, 6.45) is 8.60. The maximum atomic E-state index is 8.94. The first-order valence-electron chi connectivity index (χ1n) is 9.75. The minimum absolute atomic E-state index is 0.180. The van der Waals surface area contributed by atoms with Gasteiger partial charge in [0.1, 0.15) is 0 Å². The lowest BCUT2D eigenvalue weighted by atomic mass is 9.62. The van der Waals surface area contributed by atoms with Crippen molar-refractivity contribution in [3.63, 3.8) is 0 Å². The van der Waals surface area contributed by atoms with Gasteiger partial charge in [0, 0.05) is 11.3 Å². The largest absolute Gasteiger partial charge is 0.198 e. The van der Waals surface area contributed by atoms with Crippen LogP contribution in [0.15, 0.2) is 60.7 Å². The molecule has 1 heteroatoms. The lowest BCUT2D eigenvalue weighted by Crippen LogP contribution is -2.33. The Morgan fingerprint density at radius 3 is 1.96 bits per heavy atom. The van der Waals surface area contributed by atoms with Crippen molar-refractivity contribution in [2.45, 2.75) is 57.3 Å². The molecule has 1 saturated carbocycles. The molecule has 1 aliphatic carbocycles. The van der Waals surface area contributed by atoms with Crippen molar-refractivity contribution in [3.8, 4) is 6.07 Å². The van der Waals surface area contributed by atoms with Gasteiger partial charge < -0.3 is 0 Å². The normalized spacial score (nSPS) is 18.4. The lowest BCUT2D eigenvalue weighted by molar-refractivity contribution is 0.249. The van der Waals surface area contributed by atoms with Gasteiger partial charge in [-0.3, -0.25) is 0 Å². The fraction of sp³-hybridized carbons (Fsp3) is 0.458. The molecular formula is C24H29N. The second-order valence-corrected chi connectivity index (χ2v) is 7.72. The molecular weight excluding hydrogens is 302 g/mol. The van der Waals surface area contributed by atoms with Gasteiger partial charge in [0.25, 0.3) is 0 Å². The lowest BCUT2D eigenvalue weighted by Gasteiger charge is -2.41. The molecule has 25 heavy (non-hydrogen) atoms. The third kappa shape index (κ3) is 4.13. The van der Waals surface area contributed by atoms with Crippen LogP contribution in [0.1, 0.15) is 63.0 Å². The van der Waals surface area contributed by atoms with E-state index in [1.165, 1.54) is 49.7 Å². The fourth-order valence-electron chi connectivity index (χ4n) is 4.49. The van der Waals surface area contributed by atoms with E-state index in [1.807, 2.05) is 6.92 Å². The van der Waals surface area contributed by atoms with Crippen molar-refractivity contribution in [1.82, 2.24) is 0 Å². The molecule has 0 saturated heterocycles. The third-order valence-electron chi connectivity index (χ3n) is 6.08. The van der Waals surface area contributed by atoms with E-state index in [-0.39, 0.29) is 11.3 Å². The van der Waals surface area contributed by atoms with Crippen molar-refractivity contribution in [2.75, 3.05) is 0 Å². The molecule has 130 valence electrons. The standard InChI is InChI=1S/C24H29N/c1-20(19-25)9-8-10-21-15-17-24(18-16-21,22-11-4-2-5-12-22)23-13-6-3-7-14-23/h2-7,11-14,20-21H,8-10,15-18H2,1H3. The highest BCUT2D eigenvalue weighted by Gasteiger charge is 2.37. The van der Waals surface area contributed by atoms with E-state index < -0.39 is 0 Å². The fourth-order valence-corrected chi connectivity index (χ4v) is 4.49. The molecule has 2 aromatic rings. The molecule has 0 N–H and O–H groups in total. The molecule has 1 aliphatic rings. The van der Waals surface area contributed by atoms with Gasteiger partial charge in [0.05, 0.1) is 6.07 Å². The third-order valence-corrected chi connectivity index (χ3v) is 6.08. The van der Waals surface area contributed by atoms with E-state index in [4.69, 9.17) is 5.26 Å². The van der Waals surface area contributed by atoms with Gasteiger partial charge in [0.2, 0.25) is 0 Å². The van der Waals surface area contributed by atoms with Gasteiger partial charge in [-0.2, -0.15) is 5.26 Å². The van der Waals surface area contributed by atoms with E-state index in [0.29, 0.717) is 0 Å². The minimum atomic E-state index is 0.180. The van der Waals surface area contributed by atoms with E-state index in [0.717, 1.165) is 12.3 Å². The van der Waals surface area contributed by atoms with Crippen LogP contribution in [0.2, 0.25) is 0 Å². The minimum Gasteiger partial charge on any atom is -0.198 e. The van der Waals surface area contributed by atoms with Crippen LogP contribution in [0.5, 0.6) is 0 Å². The summed E-state index contributed by atoms with van der Waals surface area (Å²) in [6.45, 7) is 2.04. The zero-order valence-electron chi connectivity index (χ0n) is 15.3. The monoisotopic (exact) mass is 331 g/mol. The molecule has 0 radical (unpaired) electrons. The zero-order valence-corrected chi connectivity index (χ0v) is 15.3. The Morgan fingerprint density at radius 1 is 0.960 bits per heavy atom. The molecule has 3 rings (SSSR count). The van der Waals surface area contributed by atoms with Crippen LogP contribution in [0.4, 0.5) is 0 Å². The van der Waals surface area contributed by atoms with Crippen LogP contribution in [0.25, 0.3) is 0 Å². The van der Waals surface area contributed by atoms with Gasteiger partial charge in [-0.15, -0.1) is 0 Å². The summed E-state index contributed by atoms with van der Waals surface area (Å²) in [7, 11) is 0. The van der Waals surface area contributed by atoms with Crippen molar-refractivity contribution in [2.24, 2.45) is 11.8 Å². The predicted octanol–water partition coefficient (Wildman–Crippen LogP) is 6.49. The van der Waals surface area contributed by atoms with Crippen LogP contribution in [0.3, 0.4) is 0 Å². The highest BCUT2D eigenvalue weighted by molar-refractivity contribution is 5.39. The van der Waals surface area contributed by atoms with Gasteiger partial charge in [0.15, 0.2) is 0 Å². The van der Waals surface area contributed by atoms with Gasteiger partial charge in [-0.05, 0) is 56.1 Å². The van der Waals surface area contributed by atoms with Crippen molar-refractivity contribution >= 4 is 0 Å². The molecule has 2 aromatic carbocycles. The topological polar surface area (TPSA) is 23.8 Å². The summed E-state index contributed by atoms with van der Waals surface area (Å²) in [5.74, 6) is 1.03. The first kappa shape index (κ1) is 17.7. The second-order valence-electron chi connectivity index (χ2n) is 7.72. The Bertz CT molecular complexity index is 634. The second kappa shape index (κ2) is 8.34. The molecule has 1 atom stereocenters. The highest BCUT2D eigenvalue weighted by Crippen LogP contribution is 2.47. The van der Waals surface area contributed by atoms with E-state index >= 15 is 0 Å². The predicted molar refractivity (Wildman–Crippen MR) is 104 cm³/mol. The van der Waals surface area contributed by atoms with Crippen LogP contribution < -0.4 is 0 Å². The maximum Gasteiger partial charge on any atom is 0.0652 e. The molecule has 1 fully saturated rings. The quantitative estimate of drug-likeness (QED) is 0.593. The van der Waals surface area contributed by atoms with Crippen LogP contribution in [-0.2, 0) is 5.41 Å². The smallest absolute Gasteiger partial charge is 0.0652 e. The van der Waals surface area contributed by atoms with Gasteiger partial charge in [-0.1, -0.05) is 73.5 Å². The molecule has 0 aliphatic heterocycles. The van der Waals surface area contributed by atoms with E-state index in [2.05, 4.69) is 66.7 Å². The molecule has 0 heterocycles. The molecule has 0 aromatic heterocycles. The first-order chi connectivity index (χ1) is 12.2. The van der Waals surface area contributed by atoms with E-state index in [1.54, 1.807) is 0 Å². The number of hydrogen-bond donors (Lipinski definition) is 0.